The number of carbonyl (C=O) groups excluding carboxylic acids is 1. The van der Waals surface area contributed by atoms with Gasteiger partial charge in [-0.05, 0) is 50.2 Å². The average molecular weight is 328 g/mol. The van der Waals surface area contributed by atoms with Crippen LogP contribution in [0.4, 0.5) is 5.69 Å². The van der Waals surface area contributed by atoms with Gasteiger partial charge >= 0.3 is 0 Å². The highest BCUT2D eigenvalue weighted by molar-refractivity contribution is 6.34. The molecule has 2 unspecified atom stereocenters. The molecule has 3 rings (SSSR count). The first-order chi connectivity index (χ1) is 10.0. The van der Waals surface area contributed by atoms with E-state index < -0.39 is 0 Å². The molecule has 2 saturated heterocycles. The van der Waals surface area contributed by atoms with Crippen LogP contribution in [0, 0.1) is 12.8 Å². The van der Waals surface area contributed by atoms with Crippen molar-refractivity contribution in [1.29, 1.82) is 0 Å². The Bertz CT molecular complexity index is 529. The molecule has 2 aliphatic rings. The largest absolute Gasteiger partial charge is 0.323 e. The highest BCUT2D eigenvalue weighted by Gasteiger charge is 2.34. The number of pyridine rings is 1. The normalized spacial score (nSPS) is 27.7. The van der Waals surface area contributed by atoms with Crippen molar-refractivity contribution in [1.82, 2.24) is 10.3 Å². The van der Waals surface area contributed by atoms with Gasteiger partial charge in [0, 0.05) is 18.5 Å². The minimum atomic E-state index is 0.00965. The van der Waals surface area contributed by atoms with E-state index in [-0.39, 0.29) is 11.1 Å². The van der Waals surface area contributed by atoms with Gasteiger partial charge in [-0.1, -0.05) is 23.2 Å². The summed E-state index contributed by atoms with van der Waals surface area (Å²) in [6.07, 6.45) is 5.22. The lowest BCUT2D eigenvalue weighted by Crippen LogP contribution is -2.39. The maximum Gasteiger partial charge on any atom is 0.224 e. The van der Waals surface area contributed by atoms with Gasteiger partial charge in [0.2, 0.25) is 5.91 Å². The quantitative estimate of drug-likeness (QED) is 0.834. The van der Waals surface area contributed by atoms with Gasteiger partial charge < -0.3 is 10.6 Å². The molecule has 2 N–H and O–H groups in total. The number of fused-ring (bicyclic) bond motifs is 2. The van der Waals surface area contributed by atoms with E-state index in [9.17, 15) is 4.79 Å². The summed E-state index contributed by atoms with van der Waals surface area (Å²) in [6.45, 7) is 1.86. The molecule has 0 saturated carbocycles. The molecule has 2 fully saturated rings. The predicted molar refractivity (Wildman–Crippen MR) is 84.9 cm³/mol. The molecule has 0 aliphatic carbocycles. The molecule has 114 valence electrons. The van der Waals surface area contributed by atoms with E-state index >= 15 is 0 Å². The second kappa shape index (κ2) is 6.11. The summed E-state index contributed by atoms with van der Waals surface area (Å²) >= 11 is 11.9. The smallest absolute Gasteiger partial charge is 0.224 e. The number of nitrogens with one attached hydrogen (secondary N) is 2. The number of hydrogen-bond acceptors (Lipinski definition) is 3. The minimum absolute atomic E-state index is 0.00965. The minimum Gasteiger partial charge on any atom is -0.323 e. The molecule has 4 nitrogen and oxygen atoms in total. The van der Waals surface area contributed by atoms with Crippen molar-refractivity contribution in [3.63, 3.8) is 0 Å². The van der Waals surface area contributed by atoms with Crippen molar-refractivity contribution in [3.05, 3.63) is 21.9 Å². The van der Waals surface area contributed by atoms with Gasteiger partial charge in [-0.2, -0.15) is 0 Å². The maximum atomic E-state index is 12.3. The zero-order chi connectivity index (χ0) is 15.0. The van der Waals surface area contributed by atoms with Crippen LogP contribution in [0.15, 0.2) is 6.07 Å². The highest BCUT2D eigenvalue weighted by Crippen LogP contribution is 2.33. The van der Waals surface area contributed by atoms with Crippen molar-refractivity contribution in [2.24, 2.45) is 5.92 Å². The maximum absolute atomic E-state index is 12.3. The standard InChI is InChI=1S/C15H19Cl2N3O/c1-8-4-12(16)19-15(17)14(8)20-13(21)7-9-5-10-2-3-11(6-9)18-10/h4,9-11,18H,2-3,5-7H2,1H3,(H,20,21). The van der Waals surface area contributed by atoms with Gasteiger partial charge in [0.05, 0.1) is 5.69 Å². The number of aryl methyl sites for hydroxylation is 1. The summed E-state index contributed by atoms with van der Waals surface area (Å²) in [4.78, 5) is 16.2. The van der Waals surface area contributed by atoms with Gasteiger partial charge in [-0.15, -0.1) is 0 Å². The number of piperidine rings is 1. The Kier molecular flexibility index (Phi) is 4.38. The molecule has 6 heteroatoms. The van der Waals surface area contributed by atoms with E-state index in [1.807, 2.05) is 6.92 Å². The van der Waals surface area contributed by atoms with Gasteiger partial charge in [0.25, 0.3) is 0 Å². The fourth-order valence-corrected chi connectivity index (χ4v) is 4.12. The third-order valence-corrected chi connectivity index (χ3v) is 4.92. The highest BCUT2D eigenvalue weighted by atomic mass is 35.5. The van der Waals surface area contributed by atoms with E-state index in [1.165, 1.54) is 12.8 Å². The zero-order valence-corrected chi connectivity index (χ0v) is 13.5. The first-order valence-corrected chi connectivity index (χ1v) is 8.15. The SMILES string of the molecule is Cc1cc(Cl)nc(Cl)c1NC(=O)CC1CC2CCC(C1)N2. The van der Waals surface area contributed by atoms with Crippen molar-refractivity contribution in [3.8, 4) is 0 Å². The van der Waals surface area contributed by atoms with Gasteiger partial charge in [-0.3, -0.25) is 4.79 Å². The molecule has 2 aliphatic heterocycles. The monoisotopic (exact) mass is 327 g/mol. The fraction of sp³-hybridized carbons (Fsp3) is 0.600. The Morgan fingerprint density at radius 3 is 2.67 bits per heavy atom. The molecule has 2 atom stereocenters. The summed E-state index contributed by atoms with van der Waals surface area (Å²) in [5.41, 5.74) is 1.40. The summed E-state index contributed by atoms with van der Waals surface area (Å²) in [5, 5.41) is 7.07. The lowest BCUT2D eigenvalue weighted by Gasteiger charge is -2.28. The van der Waals surface area contributed by atoms with Gasteiger partial charge in [0.1, 0.15) is 5.15 Å². The summed E-state index contributed by atoms with van der Waals surface area (Å²) in [7, 11) is 0. The Balaban J connectivity index is 1.62. The number of aromatic nitrogens is 1. The first kappa shape index (κ1) is 15.1. The number of hydrogen-bond donors (Lipinski definition) is 2. The molecule has 0 aromatic carbocycles. The fourth-order valence-electron chi connectivity index (χ4n) is 3.54. The Labute approximate surface area is 134 Å². The zero-order valence-electron chi connectivity index (χ0n) is 12.0. The molecule has 1 aromatic rings. The second-order valence-corrected chi connectivity index (χ2v) is 6.90. The number of carbonyl (C=O) groups is 1. The van der Waals surface area contributed by atoms with Gasteiger partial charge in [0.15, 0.2) is 5.15 Å². The van der Waals surface area contributed by atoms with Crippen molar-refractivity contribution >= 4 is 34.8 Å². The van der Waals surface area contributed by atoms with Gasteiger partial charge in [-0.25, -0.2) is 4.98 Å². The third-order valence-electron chi connectivity index (χ3n) is 4.45. The number of anilines is 1. The molecule has 21 heavy (non-hydrogen) atoms. The van der Waals surface area contributed by atoms with Crippen LogP contribution in [0.5, 0.6) is 0 Å². The van der Waals surface area contributed by atoms with Crippen LogP contribution in [0.2, 0.25) is 10.3 Å². The van der Waals surface area contributed by atoms with Crippen LogP contribution in [-0.4, -0.2) is 23.0 Å². The summed E-state index contributed by atoms with van der Waals surface area (Å²) < 4.78 is 0. The Hall–Kier alpha value is -0.840. The van der Waals surface area contributed by atoms with Crippen LogP contribution in [0.25, 0.3) is 0 Å². The van der Waals surface area contributed by atoms with E-state index in [1.54, 1.807) is 6.07 Å². The van der Waals surface area contributed by atoms with Crippen molar-refractivity contribution in [2.45, 2.75) is 51.1 Å². The summed E-state index contributed by atoms with van der Waals surface area (Å²) in [5.74, 6) is 0.471. The predicted octanol–water partition coefficient (Wildman–Crippen LogP) is 3.56. The molecular formula is C15H19Cl2N3O. The topological polar surface area (TPSA) is 54.0 Å². The van der Waals surface area contributed by atoms with Crippen LogP contribution >= 0.6 is 23.2 Å². The van der Waals surface area contributed by atoms with Crippen LogP contribution in [-0.2, 0) is 4.79 Å². The number of rotatable bonds is 3. The van der Waals surface area contributed by atoms with Crippen LogP contribution < -0.4 is 10.6 Å². The molecule has 0 radical (unpaired) electrons. The third kappa shape index (κ3) is 3.50. The van der Waals surface area contributed by atoms with E-state index in [2.05, 4.69) is 15.6 Å². The van der Waals surface area contributed by atoms with E-state index in [4.69, 9.17) is 23.2 Å². The molecule has 2 bridgehead atoms. The van der Waals surface area contributed by atoms with Crippen molar-refractivity contribution < 1.29 is 4.79 Å². The molecule has 1 amide bonds. The molecule has 3 heterocycles. The first-order valence-electron chi connectivity index (χ1n) is 7.40. The lowest BCUT2D eigenvalue weighted by atomic mass is 9.89. The number of halogens is 2. The van der Waals surface area contributed by atoms with Crippen LogP contribution in [0.1, 0.15) is 37.7 Å². The number of amides is 1. The molecule has 1 aromatic heterocycles. The van der Waals surface area contributed by atoms with E-state index in [0.717, 1.165) is 18.4 Å². The average Bonchev–Trinajstić information content (AvgIpc) is 2.73. The van der Waals surface area contributed by atoms with E-state index in [0.29, 0.717) is 35.3 Å². The summed E-state index contributed by atoms with van der Waals surface area (Å²) in [6, 6.07) is 2.90. The van der Waals surface area contributed by atoms with Crippen molar-refractivity contribution in [2.75, 3.05) is 5.32 Å². The second-order valence-electron chi connectivity index (χ2n) is 6.16. The van der Waals surface area contributed by atoms with Crippen LogP contribution in [0.3, 0.4) is 0 Å². The Morgan fingerprint density at radius 2 is 2.05 bits per heavy atom. The lowest BCUT2D eigenvalue weighted by molar-refractivity contribution is -0.117. The number of nitrogens with zero attached hydrogens (tertiary/aromatic N) is 1. The molecular weight excluding hydrogens is 309 g/mol. The Morgan fingerprint density at radius 1 is 1.38 bits per heavy atom. The molecule has 0 spiro atoms.